The predicted molar refractivity (Wildman–Crippen MR) is 70.4 cm³/mol. The summed E-state index contributed by atoms with van der Waals surface area (Å²) in [6, 6.07) is -0.881. The molecule has 0 aromatic rings. The Morgan fingerprint density at radius 1 is 1.16 bits per heavy atom. The van der Waals surface area contributed by atoms with E-state index in [4.69, 9.17) is 0 Å². The first-order chi connectivity index (χ1) is 8.59. The van der Waals surface area contributed by atoms with Gasteiger partial charge in [0.05, 0.1) is 28.6 Å². The lowest BCUT2D eigenvalue weighted by atomic mass is 10.0. The first-order valence-electron chi connectivity index (χ1n) is 6.09. The molecule has 2 unspecified atom stereocenters. The molecule has 2 aliphatic heterocycles. The Balaban J connectivity index is 1.89. The van der Waals surface area contributed by atoms with Crippen molar-refractivity contribution in [2.45, 2.75) is 31.3 Å². The topological polar surface area (TPSA) is 109 Å². The monoisotopic (exact) mass is 310 g/mol. The average Bonchev–Trinajstić information content (AvgIpc) is 2.66. The summed E-state index contributed by atoms with van der Waals surface area (Å²) in [5.41, 5.74) is -0.763. The molecule has 0 aromatic heterocycles. The highest BCUT2D eigenvalue weighted by Crippen LogP contribution is 2.22. The van der Waals surface area contributed by atoms with E-state index in [0.717, 1.165) is 0 Å². The summed E-state index contributed by atoms with van der Waals surface area (Å²) in [6.07, 6.45) is 0.788. The maximum Gasteiger partial charge on any atom is 0.315 e. The molecular formula is C10H18N2O5S2. The van der Waals surface area contributed by atoms with Crippen LogP contribution in [0.25, 0.3) is 0 Å². The van der Waals surface area contributed by atoms with Crippen LogP contribution in [0.15, 0.2) is 0 Å². The van der Waals surface area contributed by atoms with E-state index >= 15 is 0 Å². The number of hydrogen-bond donors (Lipinski definition) is 2. The molecule has 2 N–H and O–H groups in total. The third-order valence-corrected chi connectivity index (χ3v) is 7.16. The van der Waals surface area contributed by atoms with E-state index in [9.17, 15) is 21.6 Å². The number of carbonyl (C=O) groups excluding carboxylic acids is 1. The average molecular weight is 310 g/mol. The van der Waals surface area contributed by atoms with Crippen LogP contribution in [-0.2, 0) is 19.7 Å². The van der Waals surface area contributed by atoms with Crippen LogP contribution in [-0.4, -0.2) is 57.5 Å². The Morgan fingerprint density at radius 2 is 1.84 bits per heavy atom. The van der Waals surface area contributed by atoms with E-state index in [2.05, 4.69) is 10.6 Å². The van der Waals surface area contributed by atoms with Gasteiger partial charge in [0.2, 0.25) is 0 Å². The zero-order chi connectivity index (χ0) is 14.3. The number of sulfone groups is 2. The van der Waals surface area contributed by atoms with Gasteiger partial charge in [0.15, 0.2) is 19.7 Å². The van der Waals surface area contributed by atoms with Gasteiger partial charge < -0.3 is 10.6 Å². The first kappa shape index (κ1) is 14.6. The number of nitrogens with one attached hydrogen (secondary N) is 2. The van der Waals surface area contributed by atoms with Crippen LogP contribution in [0, 0.1) is 0 Å². The van der Waals surface area contributed by atoms with Crippen molar-refractivity contribution in [1.29, 1.82) is 0 Å². The van der Waals surface area contributed by atoms with Crippen LogP contribution in [0.4, 0.5) is 4.79 Å². The zero-order valence-corrected chi connectivity index (χ0v) is 12.3. The van der Waals surface area contributed by atoms with E-state index in [1.807, 2.05) is 0 Å². The molecule has 9 heteroatoms. The first-order valence-corrected chi connectivity index (χ1v) is 9.73. The normalized spacial score (nSPS) is 35.9. The fraction of sp³-hybridized carbons (Fsp3) is 0.900. The molecule has 2 amide bonds. The molecule has 0 aliphatic carbocycles. The molecule has 2 rings (SSSR count). The molecule has 7 nitrogen and oxygen atoms in total. The highest BCUT2D eigenvalue weighted by Gasteiger charge is 2.40. The summed E-state index contributed by atoms with van der Waals surface area (Å²) in [6.45, 7) is 1.68. The zero-order valence-electron chi connectivity index (χ0n) is 10.7. The van der Waals surface area contributed by atoms with Gasteiger partial charge in [0.25, 0.3) is 0 Å². The highest BCUT2D eigenvalue weighted by molar-refractivity contribution is 7.92. The fourth-order valence-corrected chi connectivity index (χ4v) is 6.28. The maximum atomic E-state index is 11.8. The minimum Gasteiger partial charge on any atom is -0.334 e. The largest absolute Gasteiger partial charge is 0.334 e. The second kappa shape index (κ2) is 4.62. The smallest absolute Gasteiger partial charge is 0.315 e. The SMILES string of the molecule is CC1(NC(=O)NC2CCS(=O)(=O)C2)CCS(=O)(=O)C1. The third-order valence-electron chi connectivity index (χ3n) is 3.49. The van der Waals surface area contributed by atoms with Gasteiger partial charge in [-0.2, -0.15) is 0 Å². The molecule has 19 heavy (non-hydrogen) atoms. The van der Waals surface area contributed by atoms with Crippen molar-refractivity contribution in [2.24, 2.45) is 0 Å². The highest BCUT2D eigenvalue weighted by atomic mass is 32.2. The Labute approximate surface area is 113 Å². The van der Waals surface area contributed by atoms with Gasteiger partial charge in [-0.3, -0.25) is 0 Å². The summed E-state index contributed by atoms with van der Waals surface area (Å²) < 4.78 is 45.3. The summed E-state index contributed by atoms with van der Waals surface area (Å²) in [7, 11) is -6.12. The van der Waals surface area contributed by atoms with Crippen molar-refractivity contribution in [3.63, 3.8) is 0 Å². The molecule has 0 aromatic carbocycles. The van der Waals surface area contributed by atoms with Crippen LogP contribution >= 0.6 is 0 Å². The lowest BCUT2D eigenvalue weighted by Crippen LogP contribution is -2.53. The quantitative estimate of drug-likeness (QED) is 0.683. The van der Waals surface area contributed by atoms with E-state index in [1.165, 1.54) is 0 Å². The van der Waals surface area contributed by atoms with Crippen molar-refractivity contribution in [3.8, 4) is 0 Å². The van der Waals surface area contributed by atoms with E-state index in [-0.39, 0.29) is 29.1 Å². The number of carbonyl (C=O) groups is 1. The van der Waals surface area contributed by atoms with Gasteiger partial charge in [0, 0.05) is 6.04 Å². The summed E-state index contributed by atoms with van der Waals surface area (Å²) in [5.74, 6) is 0.0387. The lowest BCUT2D eigenvalue weighted by molar-refractivity contribution is 0.227. The molecular weight excluding hydrogens is 292 g/mol. The second-order valence-electron chi connectivity index (χ2n) is 5.60. The lowest BCUT2D eigenvalue weighted by Gasteiger charge is -2.25. The molecule has 0 spiro atoms. The van der Waals surface area contributed by atoms with Gasteiger partial charge in [-0.1, -0.05) is 0 Å². The van der Waals surface area contributed by atoms with Crippen molar-refractivity contribution in [1.82, 2.24) is 10.6 Å². The number of rotatable bonds is 2. The van der Waals surface area contributed by atoms with Gasteiger partial charge in [0.1, 0.15) is 0 Å². The summed E-state index contributed by atoms with van der Waals surface area (Å²) in [5, 5.41) is 5.23. The van der Waals surface area contributed by atoms with Crippen molar-refractivity contribution < 1.29 is 21.6 Å². The molecule has 2 aliphatic rings. The third kappa shape index (κ3) is 3.82. The number of hydrogen-bond acceptors (Lipinski definition) is 5. The summed E-state index contributed by atoms with van der Waals surface area (Å²) >= 11 is 0. The van der Waals surface area contributed by atoms with Gasteiger partial charge in [-0.25, -0.2) is 21.6 Å². The number of urea groups is 1. The molecule has 2 saturated heterocycles. The Morgan fingerprint density at radius 3 is 2.32 bits per heavy atom. The predicted octanol–water partition coefficient (Wildman–Crippen LogP) is -0.950. The number of amides is 2. The second-order valence-corrected chi connectivity index (χ2v) is 10.0. The van der Waals surface area contributed by atoms with Gasteiger partial charge in [-0.05, 0) is 19.8 Å². The van der Waals surface area contributed by atoms with Crippen molar-refractivity contribution in [2.75, 3.05) is 23.0 Å². The van der Waals surface area contributed by atoms with E-state index in [0.29, 0.717) is 12.8 Å². The maximum absolute atomic E-state index is 11.8. The molecule has 0 bridgehead atoms. The van der Waals surface area contributed by atoms with Gasteiger partial charge in [-0.15, -0.1) is 0 Å². The van der Waals surface area contributed by atoms with Gasteiger partial charge >= 0.3 is 6.03 Å². The standard InChI is InChI=1S/C10H18N2O5S2/c1-10(3-5-19(16,17)7-10)12-9(13)11-8-2-4-18(14,15)6-8/h8H,2-7H2,1H3,(H2,11,12,13). The minimum atomic E-state index is -3.08. The minimum absolute atomic E-state index is 0.0462. The fourth-order valence-electron chi connectivity index (χ4n) is 2.51. The molecule has 2 fully saturated rings. The Kier molecular flexibility index (Phi) is 3.54. The Hall–Kier alpha value is -0.830. The van der Waals surface area contributed by atoms with Crippen molar-refractivity contribution >= 4 is 25.7 Å². The van der Waals surface area contributed by atoms with Crippen LogP contribution in [0.1, 0.15) is 19.8 Å². The van der Waals surface area contributed by atoms with Crippen molar-refractivity contribution in [3.05, 3.63) is 0 Å². The molecule has 0 saturated carbocycles. The van der Waals surface area contributed by atoms with E-state index in [1.54, 1.807) is 6.92 Å². The molecule has 2 atom stereocenters. The van der Waals surface area contributed by atoms with Crippen LogP contribution in [0.3, 0.4) is 0 Å². The van der Waals surface area contributed by atoms with E-state index < -0.39 is 31.2 Å². The van der Waals surface area contributed by atoms with Crippen LogP contribution in [0.5, 0.6) is 0 Å². The van der Waals surface area contributed by atoms with Crippen LogP contribution < -0.4 is 10.6 Å². The molecule has 110 valence electrons. The van der Waals surface area contributed by atoms with Crippen LogP contribution in [0.2, 0.25) is 0 Å². The molecule has 2 heterocycles. The molecule has 0 radical (unpaired) electrons. The Bertz CT molecular complexity index is 583. The summed E-state index contributed by atoms with van der Waals surface area (Å²) in [4.78, 5) is 11.8.